The van der Waals surface area contributed by atoms with E-state index in [1.165, 1.54) is 20.3 Å². The Hall–Kier alpha value is -2.05. The lowest BCUT2D eigenvalue weighted by atomic mass is 9.97. The van der Waals surface area contributed by atoms with Crippen molar-refractivity contribution in [3.05, 3.63) is 53.6 Å². The van der Waals surface area contributed by atoms with Crippen molar-refractivity contribution in [1.29, 1.82) is 0 Å². The molecule has 0 unspecified atom stereocenters. The van der Waals surface area contributed by atoms with Crippen LogP contribution in [0.2, 0.25) is 0 Å². The van der Waals surface area contributed by atoms with Crippen molar-refractivity contribution in [2.24, 2.45) is 0 Å². The van der Waals surface area contributed by atoms with Gasteiger partial charge in [-0.1, -0.05) is 38.1 Å². The van der Waals surface area contributed by atoms with Crippen LogP contribution in [0.4, 0.5) is 0 Å². The molecule has 5 nitrogen and oxygen atoms in total. The Balaban J connectivity index is 2.27. The zero-order chi connectivity index (χ0) is 17.7. The van der Waals surface area contributed by atoms with Gasteiger partial charge in [-0.3, -0.25) is 0 Å². The maximum Gasteiger partial charge on any atom is 0.244 e. The highest BCUT2D eigenvalue weighted by atomic mass is 32.2. The van der Waals surface area contributed by atoms with Crippen LogP contribution in [0.1, 0.15) is 30.9 Å². The fourth-order valence-corrected chi connectivity index (χ4v) is 3.66. The van der Waals surface area contributed by atoms with E-state index in [1.54, 1.807) is 12.1 Å². The summed E-state index contributed by atoms with van der Waals surface area (Å²) in [6, 6.07) is 12.4. The lowest BCUT2D eigenvalue weighted by molar-refractivity contribution is 0.386. The van der Waals surface area contributed by atoms with Crippen LogP contribution >= 0.6 is 0 Å². The summed E-state index contributed by atoms with van der Waals surface area (Å²) in [6.45, 7) is 4.39. The van der Waals surface area contributed by atoms with Crippen LogP contribution in [-0.4, -0.2) is 22.6 Å². The summed E-state index contributed by atoms with van der Waals surface area (Å²) >= 11 is 0. The Morgan fingerprint density at radius 3 is 2.38 bits per heavy atom. The molecule has 0 aliphatic rings. The van der Waals surface area contributed by atoms with E-state index in [-0.39, 0.29) is 17.2 Å². The maximum absolute atomic E-state index is 12.6. The van der Waals surface area contributed by atoms with Gasteiger partial charge in [0.15, 0.2) is 0 Å². The molecule has 0 heterocycles. The maximum atomic E-state index is 12.6. The summed E-state index contributed by atoms with van der Waals surface area (Å²) in [5.74, 6) is 1.11. The number of benzene rings is 2. The second kappa shape index (κ2) is 7.68. The van der Waals surface area contributed by atoms with Gasteiger partial charge in [0.25, 0.3) is 0 Å². The highest BCUT2D eigenvalue weighted by Gasteiger charge is 2.20. The third-order valence-corrected chi connectivity index (χ3v) is 5.23. The van der Waals surface area contributed by atoms with Crippen LogP contribution in [0.25, 0.3) is 0 Å². The molecule has 6 heteroatoms. The topological polar surface area (TPSA) is 64.6 Å². The van der Waals surface area contributed by atoms with Crippen LogP contribution in [0.15, 0.2) is 47.4 Å². The molecule has 0 radical (unpaired) electrons. The molecule has 2 aromatic rings. The summed E-state index contributed by atoms with van der Waals surface area (Å²) in [5, 5.41) is 0. The van der Waals surface area contributed by atoms with Crippen molar-refractivity contribution in [3.63, 3.8) is 0 Å². The molecule has 2 rings (SSSR count). The molecule has 2 aromatic carbocycles. The quantitative estimate of drug-likeness (QED) is 0.833. The van der Waals surface area contributed by atoms with E-state index in [4.69, 9.17) is 9.47 Å². The van der Waals surface area contributed by atoms with Gasteiger partial charge in [-0.05, 0) is 29.2 Å². The monoisotopic (exact) mass is 349 g/mol. The van der Waals surface area contributed by atoms with Crippen molar-refractivity contribution >= 4 is 10.0 Å². The molecular weight excluding hydrogens is 326 g/mol. The zero-order valence-electron chi connectivity index (χ0n) is 14.4. The Kier molecular flexibility index (Phi) is 5.85. The van der Waals surface area contributed by atoms with Crippen LogP contribution < -0.4 is 14.2 Å². The molecule has 130 valence electrons. The lowest BCUT2D eigenvalue weighted by Gasteiger charge is -2.15. The van der Waals surface area contributed by atoms with E-state index in [0.29, 0.717) is 11.7 Å². The normalized spacial score (nSPS) is 11.5. The first-order chi connectivity index (χ1) is 11.4. The Morgan fingerprint density at radius 1 is 1.04 bits per heavy atom. The van der Waals surface area contributed by atoms with Gasteiger partial charge in [-0.25, -0.2) is 13.1 Å². The van der Waals surface area contributed by atoms with Gasteiger partial charge < -0.3 is 9.47 Å². The molecule has 0 spiro atoms. The average Bonchev–Trinajstić information content (AvgIpc) is 2.59. The molecule has 0 saturated heterocycles. The predicted molar refractivity (Wildman–Crippen MR) is 94.1 cm³/mol. The summed E-state index contributed by atoms with van der Waals surface area (Å²) < 4.78 is 38.2. The molecule has 0 saturated carbocycles. The first kappa shape index (κ1) is 18.3. The average molecular weight is 349 g/mol. The molecule has 0 aliphatic heterocycles. The van der Waals surface area contributed by atoms with Gasteiger partial charge >= 0.3 is 0 Å². The fourth-order valence-electron chi connectivity index (χ4n) is 2.51. The van der Waals surface area contributed by atoms with Gasteiger partial charge in [-0.15, -0.1) is 0 Å². The van der Waals surface area contributed by atoms with E-state index >= 15 is 0 Å². The molecule has 0 aliphatic carbocycles. The SMILES string of the molecule is COc1ccc(S(=O)(=O)NCc2ccccc2C(C)C)c(OC)c1. The predicted octanol–water partition coefficient (Wildman–Crippen LogP) is 3.31. The van der Waals surface area contributed by atoms with Crippen molar-refractivity contribution < 1.29 is 17.9 Å². The van der Waals surface area contributed by atoms with Gasteiger partial charge in [0, 0.05) is 12.6 Å². The van der Waals surface area contributed by atoms with E-state index in [1.807, 2.05) is 24.3 Å². The summed E-state index contributed by atoms with van der Waals surface area (Å²) in [7, 11) is -0.749. The standard InChI is InChI=1S/C18H23NO4S/c1-13(2)16-8-6-5-7-14(16)12-19-24(20,21)18-10-9-15(22-3)11-17(18)23-4/h5-11,13,19H,12H2,1-4H3. The van der Waals surface area contributed by atoms with Crippen LogP contribution in [0, 0.1) is 0 Å². The fraction of sp³-hybridized carbons (Fsp3) is 0.333. The number of ether oxygens (including phenoxy) is 2. The summed E-state index contributed by atoms with van der Waals surface area (Å²) in [5.41, 5.74) is 2.09. The third-order valence-electron chi connectivity index (χ3n) is 3.79. The van der Waals surface area contributed by atoms with Crippen LogP contribution in [0.5, 0.6) is 11.5 Å². The molecule has 0 fully saturated rings. The van der Waals surface area contributed by atoms with E-state index in [0.717, 1.165) is 11.1 Å². The smallest absolute Gasteiger partial charge is 0.244 e. The minimum Gasteiger partial charge on any atom is -0.497 e. The van der Waals surface area contributed by atoms with Crippen molar-refractivity contribution in [2.45, 2.75) is 31.2 Å². The second-order valence-electron chi connectivity index (χ2n) is 5.69. The molecule has 0 aromatic heterocycles. The molecule has 0 amide bonds. The highest BCUT2D eigenvalue weighted by Crippen LogP contribution is 2.28. The number of hydrogen-bond acceptors (Lipinski definition) is 4. The minimum absolute atomic E-state index is 0.0906. The number of nitrogens with one attached hydrogen (secondary N) is 1. The van der Waals surface area contributed by atoms with E-state index < -0.39 is 10.0 Å². The first-order valence-corrected chi connectivity index (χ1v) is 9.17. The zero-order valence-corrected chi connectivity index (χ0v) is 15.2. The van der Waals surface area contributed by atoms with Crippen LogP contribution in [-0.2, 0) is 16.6 Å². The van der Waals surface area contributed by atoms with Crippen molar-refractivity contribution in [3.8, 4) is 11.5 Å². The molecule has 0 atom stereocenters. The van der Waals surface area contributed by atoms with Crippen molar-refractivity contribution in [1.82, 2.24) is 4.72 Å². The Bertz CT molecular complexity index is 800. The highest BCUT2D eigenvalue weighted by molar-refractivity contribution is 7.89. The number of hydrogen-bond donors (Lipinski definition) is 1. The largest absolute Gasteiger partial charge is 0.497 e. The van der Waals surface area contributed by atoms with E-state index in [9.17, 15) is 8.42 Å². The number of rotatable bonds is 7. The minimum atomic E-state index is -3.70. The molecule has 0 bridgehead atoms. The molecule has 1 N–H and O–H groups in total. The summed E-state index contributed by atoms with van der Waals surface area (Å²) in [4.78, 5) is 0.0906. The van der Waals surface area contributed by atoms with E-state index in [2.05, 4.69) is 18.6 Å². The van der Waals surface area contributed by atoms with Crippen molar-refractivity contribution in [2.75, 3.05) is 14.2 Å². The molecular formula is C18H23NO4S. The summed E-state index contributed by atoms with van der Waals surface area (Å²) in [6.07, 6.45) is 0. The number of sulfonamides is 1. The molecule has 24 heavy (non-hydrogen) atoms. The Morgan fingerprint density at radius 2 is 1.75 bits per heavy atom. The first-order valence-electron chi connectivity index (χ1n) is 7.68. The van der Waals surface area contributed by atoms with Crippen LogP contribution in [0.3, 0.4) is 0 Å². The van der Waals surface area contributed by atoms with Gasteiger partial charge in [0.2, 0.25) is 10.0 Å². The van der Waals surface area contributed by atoms with Gasteiger partial charge in [0.1, 0.15) is 16.4 Å². The van der Waals surface area contributed by atoms with Gasteiger partial charge in [-0.2, -0.15) is 0 Å². The number of methoxy groups -OCH3 is 2. The Labute approximate surface area is 143 Å². The lowest BCUT2D eigenvalue weighted by Crippen LogP contribution is -2.24. The van der Waals surface area contributed by atoms with Gasteiger partial charge in [0.05, 0.1) is 14.2 Å². The third kappa shape index (κ3) is 4.07. The second-order valence-corrected chi connectivity index (χ2v) is 7.43.